The maximum absolute atomic E-state index is 12.6. The van der Waals surface area contributed by atoms with Gasteiger partial charge in [0, 0.05) is 18.7 Å². The van der Waals surface area contributed by atoms with Crippen LogP contribution in [0.25, 0.3) is 0 Å². The van der Waals surface area contributed by atoms with Gasteiger partial charge in [0.1, 0.15) is 0 Å². The van der Waals surface area contributed by atoms with Crippen molar-refractivity contribution in [2.24, 2.45) is 0 Å². The highest BCUT2D eigenvalue weighted by Gasteiger charge is 2.20. The summed E-state index contributed by atoms with van der Waals surface area (Å²) in [6.07, 6.45) is 3.20. The summed E-state index contributed by atoms with van der Waals surface area (Å²) in [6, 6.07) is 11.7. The molecule has 0 unspecified atom stereocenters. The second-order valence-corrected chi connectivity index (χ2v) is 6.80. The van der Waals surface area contributed by atoms with Gasteiger partial charge in [-0.2, -0.15) is 0 Å². The molecule has 2 aromatic carbocycles. The number of hydrogen-bond donors (Lipinski definition) is 1. The van der Waals surface area contributed by atoms with Gasteiger partial charge in [-0.3, -0.25) is 9.59 Å². The summed E-state index contributed by atoms with van der Waals surface area (Å²) >= 11 is 12.2. The maximum Gasteiger partial charge on any atom is 0.257 e. The molecule has 1 saturated heterocycles. The molecule has 1 N–H and O–H groups in total. The fraction of sp³-hybridized carbons (Fsp3) is 0.263. The summed E-state index contributed by atoms with van der Waals surface area (Å²) in [6.45, 7) is 1.53. The molecule has 1 aliphatic rings. The highest BCUT2D eigenvalue weighted by molar-refractivity contribution is 6.36. The first-order valence-electron chi connectivity index (χ1n) is 8.21. The molecule has 0 saturated carbocycles. The van der Waals surface area contributed by atoms with Crippen LogP contribution in [0, 0.1) is 0 Å². The quantitative estimate of drug-likeness (QED) is 0.830. The van der Waals surface area contributed by atoms with Crippen molar-refractivity contribution in [1.29, 1.82) is 0 Å². The minimum atomic E-state index is -0.366. The van der Waals surface area contributed by atoms with E-state index in [-0.39, 0.29) is 11.8 Å². The lowest BCUT2D eigenvalue weighted by Gasteiger charge is -2.27. The number of rotatable bonds is 3. The number of hydrogen-bond acceptors (Lipinski definition) is 2. The summed E-state index contributed by atoms with van der Waals surface area (Å²) in [5.74, 6) is -0.403. The topological polar surface area (TPSA) is 49.4 Å². The number of benzene rings is 2. The van der Waals surface area contributed by atoms with Gasteiger partial charge in [-0.05, 0) is 49.6 Å². The summed E-state index contributed by atoms with van der Waals surface area (Å²) < 4.78 is 0. The van der Waals surface area contributed by atoms with Crippen LogP contribution in [-0.2, 0) is 0 Å². The molecule has 25 heavy (non-hydrogen) atoms. The number of anilines is 1. The molecule has 6 heteroatoms. The summed E-state index contributed by atoms with van der Waals surface area (Å²) in [5, 5.41) is 3.47. The second-order valence-electron chi connectivity index (χ2n) is 5.98. The lowest BCUT2D eigenvalue weighted by Crippen LogP contribution is -2.35. The molecule has 1 fully saturated rings. The van der Waals surface area contributed by atoms with Crippen LogP contribution >= 0.6 is 23.2 Å². The number of nitrogens with zero attached hydrogens (tertiary/aromatic N) is 1. The first-order chi connectivity index (χ1) is 12.1. The van der Waals surface area contributed by atoms with Gasteiger partial charge in [-0.1, -0.05) is 35.3 Å². The van der Waals surface area contributed by atoms with Crippen molar-refractivity contribution in [3.8, 4) is 0 Å². The van der Waals surface area contributed by atoms with Gasteiger partial charge in [-0.25, -0.2) is 0 Å². The van der Waals surface area contributed by atoms with Crippen LogP contribution < -0.4 is 5.32 Å². The van der Waals surface area contributed by atoms with E-state index in [1.54, 1.807) is 42.5 Å². The van der Waals surface area contributed by atoms with E-state index in [4.69, 9.17) is 23.2 Å². The van der Waals surface area contributed by atoms with E-state index in [0.717, 1.165) is 32.4 Å². The molecule has 0 atom stereocenters. The molecular weight excluding hydrogens is 359 g/mol. The van der Waals surface area contributed by atoms with Gasteiger partial charge in [0.25, 0.3) is 11.8 Å². The van der Waals surface area contributed by atoms with Crippen LogP contribution in [0.2, 0.25) is 10.0 Å². The number of piperidine rings is 1. The average Bonchev–Trinajstić information content (AvgIpc) is 2.64. The first kappa shape index (κ1) is 17.8. The lowest BCUT2D eigenvalue weighted by molar-refractivity contribution is 0.0724. The Morgan fingerprint density at radius 3 is 2.36 bits per heavy atom. The predicted octanol–water partition coefficient (Wildman–Crippen LogP) is 4.87. The molecule has 0 spiro atoms. The molecule has 130 valence electrons. The second kappa shape index (κ2) is 7.89. The number of nitrogens with one attached hydrogen (secondary N) is 1. The fourth-order valence-corrected chi connectivity index (χ4v) is 3.26. The molecule has 1 aliphatic heterocycles. The van der Waals surface area contributed by atoms with E-state index >= 15 is 0 Å². The number of halogens is 2. The summed E-state index contributed by atoms with van der Waals surface area (Å²) in [5.41, 5.74) is 1.27. The normalized spacial score (nSPS) is 14.2. The molecule has 4 nitrogen and oxygen atoms in total. The van der Waals surface area contributed by atoms with Crippen molar-refractivity contribution < 1.29 is 9.59 Å². The minimum Gasteiger partial charge on any atom is -0.339 e. The van der Waals surface area contributed by atoms with E-state index in [0.29, 0.717) is 26.9 Å². The highest BCUT2D eigenvalue weighted by Crippen LogP contribution is 2.26. The molecule has 0 aliphatic carbocycles. The molecule has 0 bridgehead atoms. The van der Waals surface area contributed by atoms with Crippen LogP contribution in [0.15, 0.2) is 42.5 Å². The Hall–Kier alpha value is -2.04. The van der Waals surface area contributed by atoms with Gasteiger partial charge in [-0.15, -0.1) is 0 Å². The molecular formula is C19H18Cl2N2O2. The fourth-order valence-electron chi connectivity index (χ4n) is 2.87. The Kier molecular flexibility index (Phi) is 5.61. The van der Waals surface area contributed by atoms with Crippen LogP contribution in [0.1, 0.15) is 40.0 Å². The maximum atomic E-state index is 12.6. The molecule has 1 heterocycles. The molecule has 2 aromatic rings. The van der Waals surface area contributed by atoms with E-state index < -0.39 is 0 Å². The van der Waals surface area contributed by atoms with Crippen molar-refractivity contribution in [1.82, 2.24) is 4.90 Å². The Morgan fingerprint density at radius 2 is 1.64 bits per heavy atom. The van der Waals surface area contributed by atoms with Gasteiger partial charge in [0.2, 0.25) is 0 Å². The predicted molar refractivity (Wildman–Crippen MR) is 101 cm³/mol. The Labute approximate surface area is 156 Å². The SMILES string of the molecule is O=C(Nc1cc(C(=O)N2CCCCC2)ccc1Cl)c1ccccc1Cl. The monoisotopic (exact) mass is 376 g/mol. The number of carbonyl (C=O) groups excluding carboxylic acids is 2. The zero-order valence-electron chi connectivity index (χ0n) is 13.6. The third-order valence-electron chi connectivity index (χ3n) is 4.22. The van der Waals surface area contributed by atoms with E-state index in [2.05, 4.69) is 5.32 Å². The number of amides is 2. The summed E-state index contributed by atoms with van der Waals surface area (Å²) in [4.78, 5) is 26.9. The molecule has 0 radical (unpaired) electrons. The molecule has 3 rings (SSSR count). The van der Waals surface area contributed by atoms with E-state index in [1.165, 1.54) is 0 Å². The van der Waals surface area contributed by atoms with Crippen LogP contribution in [0.4, 0.5) is 5.69 Å². The Bertz CT molecular complexity index is 802. The Balaban J connectivity index is 1.81. The van der Waals surface area contributed by atoms with Gasteiger partial charge < -0.3 is 10.2 Å². The largest absolute Gasteiger partial charge is 0.339 e. The Morgan fingerprint density at radius 1 is 0.920 bits per heavy atom. The van der Waals surface area contributed by atoms with Gasteiger partial charge >= 0.3 is 0 Å². The standard InChI is InChI=1S/C19H18Cl2N2O2/c20-15-7-3-2-6-14(15)18(24)22-17-12-13(8-9-16(17)21)19(25)23-10-4-1-5-11-23/h2-3,6-9,12H,1,4-5,10-11H2,(H,22,24). The highest BCUT2D eigenvalue weighted by atomic mass is 35.5. The van der Waals surface area contributed by atoms with Gasteiger partial charge in [0.05, 0.1) is 21.3 Å². The van der Waals surface area contributed by atoms with E-state index in [1.807, 2.05) is 4.90 Å². The zero-order valence-corrected chi connectivity index (χ0v) is 15.1. The summed E-state index contributed by atoms with van der Waals surface area (Å²) in [7, 11) is 0. The van der Waals surface area contributed by atoms with Crippen molar-refractivity contribution >= 4 is 40.7 Å². The molecule has 2 amide bonds. The van der Waals surface area contributed by atoms with Gasteiger partial charge in [0.15, 0.2) is 0 Å². The third kappa shape index (κ3) is 4.14. The van der Waals surface area contributed by atoms with Crippen LogP contribution in [-0.4, -0.2) is 29.8 Å². The molecule has 0 aromatic heterocycles. The lowest BCUT2D eigenvalue weighted by atomic mass is 10.1. The third-order valence-corrected chi connectivity index (χ3v) is 4.88. The van der Waals surface area contributed by atoms with Crippen molar-refractivity contribution in [3.05, 3.63) is 63.6 Å². The van der Waals surface area contributed by atoms with Crippen LogP contribution in [0.3, 0.4) is 0 Å². The first-order valence-corrected chi connectivity index (χ1v) is 8.96. The smallest absolute Gasteiger partial charge is 0.257 e. The number of carbonyl (C=O) groups is 2. The van der Waals surface area contributed by atoms with Crippen molar-refractivity contribution in [2.45, 2.75) is 19.3 Å². The van der Waals surface area contributed by atoms with E-state index in [9.17, 15) is 9.59 Å². The number of likely N-dealkylation sites (tertiary alicyclic amines) is 1. The zero-order chi connectivity index (χ0) is 17.8. The average molecular weight is 377 g/mol. The van der Waals surface area contributed by atoms with Crippen LogP contribution in [0.5, 0.6) is 0 Å². The van der Waals surface area contributed by atoms with Crippen molar-refractivity contribution in [2.75, 3.05) is 18.4 Å². The minimum absolute atomic E-state index is 0.0374. The van der Waals surface area contributed by atoms with Crippen molar-refractivity contribution in [3.63, 3.8) is 0 Å².